The van der Waals surface area contributed by atoms with Crippen LogP contribution < -0.4 is 5.32 Å². The van der Waals surface area contributed by atoms with Gasteiger partial charge in [-0.25, -0.2) is 9.59 Å². The monoisotopic (exact) mass is 937 g/mol. The minimum Gasteiger partial charge on any atom is -0.462 e. The number of nitrogens with zero attached hydrogens (tertiary/aromatic N) is 2. The summed E-state index contributed by atoms with van der Waals surface area (Å²) in [7, 11) is 0. The van der Waals surface area contributed by atoms with Crippen molar-refractivity contribution in [3.05, 3.63) is 41.5 Å². The molecule has 5 saturated heterocycles. The highest BCUT2D eigenvalue weighted by Gasteiger charge is 2.77. The molecule has 0 unspecified atom stereocenters. The number of hydrogen-bond acceptors (Lipinski definition) is 15. The minimum atomic E-state index is -1.53. The molecule has 67 heavy (non-hydrogen) atoms. The van der Waals surface area contributed by atoms with E-state index in [9.17, 15) is 29.1 Å². The Balaban J connectivity index is 1.16. The van der Waals surface area contributed by atoms with Gasteiger partial charge in [0.1, 0.15) is 48.1 Å². The van der Waals surface area contributed by atoms with Crippen molar-refractivity contribution in [2.45, 2.75) is 199 Å². The highest BCUT2D eigenvalue weighted by molar-refractivity contribution is 5.97. The van der Waals surface area contributed by atoms with Gasteiger partial charge >= 0.3 is 23.9 Å². The zero-order valence-electron chi connectivity index (χ0n) is 40.3. The Morgan fingerprint density at radius 2 is 1.72 bits per heavy atom. The number of hydroxylamine groups is 2. The molecule has 1 saturated carbocycles. The molecule has 9 atom stereocenters. The van der Waals surface area contributed by atoms with Gasteiger partial charge in [0.25, 0.3) is 0 Å². The van der Waals surface area contributed by atoms with Crippen LogP contribution in [0.2, 0.25) is 0 Å². The van der Waals surface area contributed by atoms with Crippen LogP contribution in [0.1, 0.15) is 143 Å². The van der Waals surface area contributed by atoms with Crippen molar-refractivity contribution >= 4 is 41.8 Å². The van der Waals surface area contributed by atoms with Gasteiger partial charge in [-0.1, -0.05) is 77.6 Å². The van der Waals surface area contributed by atoms with Crippen LogP contribution in [0.15, 0.2) is 30.3 Å². The number of ether oxygens (including phenoxy) is 6. The molecule has 6 fully saturated rings. The number of carbonyl (C=O) groups is 6. The lowest BCUT2D eigenvalue weighted by atomic mass is 9.62. The molecular weight excluding hydrogens is 867 g/mol. The van der Waals surface area contributed by atoms with Crippen LogP contribution in [-0.2, 0) is 68.6 Å². The summed E-state index contributed by atoms with van der Waals surface area (Å²) in [4.78, 5) is 90.4. The molecule has 0 radical (unpaired) electrons. The van der Waals surface area contributed by atoms with Gasteiger partial charge in [-0.15, -0.1) is 0 Å². The van der Waals surface area contributed by atoms with Gasteiger partial charge < -0.3 is 43.7 Å². The smallest absolute Gasteiger partial charge is 0.348 e. The quantitative estimate of drug-likeness (QED) is 0.0744. The second-order valence-electron chi connectivity index (χ2n) is 20.9. The van der Waals surface area contributed by atoms with E-state index in [0.717, 1.165) is 38.5 Å². The first-order chi connectivity index (χ1) is 31.8. The van der Waals surface area contributed by atoms with Crippen LogP contribution in [0.4, 0.5) is 0 Å². The predicted octanol–water partition coefficient (Wildman–Crippen LogP) is 5.23. The van der Waals surface area contributed by atoms with E-state index in [0.29, 0.717) is 36.8 Å². The van der Waals surface area contributed by atoms with E-state index >= 15 is 4.79 Å². The van der Waals surface area contributed by atoms with Gasteiger partial charge in [0.15, 0.2) is 11.8 Å². The Hall–Kier alpha value is -4.42. The molecule has 5 aliphatic heterocycles. The van der Waals surface area contributed by atoms with Crippen LogP contribution in [0.3, 0.4) is 0 Å². The Morgan fingerprint density at radius 1 is 1.00 bits per heavy atom. The molecule has 1 aromatic rings. The number of cyclic esters (lactones) is 1. The maximum atomic E-state index is 15.7. The maximum absolute atomic E-state index is 15.7. The second-order valence-corrected chi connectivity index (χ2v) is 20.9. The number of aliphatic hydroxyl groups excluding tert-OH is 1. The van der Waals surface area contributed by atoms with Crippen molar-refractivity contribution in [2.24, 2.45) is 10.8 Å². The molecule has 17 heteroatoms. The van der Waals surface area contributed by atoms with Crippen LogP contribution in [0, 0.1) is 10.8 Å². The third-order valence-corrected chi connectivity index (χ3v) is 13.9. The van der Waals surface area contributed by atoms with Crippen molar-refractivity contribution < 1.29 is 67.1 Å². The zero-order chi connectivity index (χ0) is 48.3. The molecule has 1 aliphatic carbocycles. The van der Waals surface area contributed by atoms with E-state index in [1.807, 2.05) is 12.1 Å². The van der Waals surface area contributed by atoms with Crippen molar-refractivity contribution in [3.63, 3.8) is 0 Å². The maximum Gasteiger partial charge on any atom is 0.348 e. The Morgan fingerprint density at radius 3 is 2.37 bits per heavy atom. The summed E-state index contributed by atoms with van der Waals surface area (Å²) in [5.41, 5.74) is -1.55. The van der Waals surface area contributed by atoms with Crippen LogP contribution in [0.5, 0.6) is 0 Å². The Bertz CT molecular complexity index is 2020. The highest BCUT2D eigenvalue weighted by atomic mass is 16.8. The minimum absolute atomic E-state index is 0.0229. The van der Waals surface area contributed by atoms with E-state index in [1.54, 1.807) is 57.7 Å². The molecule has 2 N–H and O–H groups in total. The average molecular weight is 938 g/mol. The number of esters is 4. The van der Waals surface area contributed by atoms with E-state index in [4.69, 9.17) is 33.3 Å². The van der Waals surface area contributed by atoms with E-state index in [-0.39, 0.29) is 39.0 Å². The number of fused-ring (bicyclic) bond motifs is 4. The topological polar surface area (TPSA) is 206 Å². The fourth-order valence-electron chi connectivity index (χ4n) is 10.6. The van der Waals surface area contributed by atoms with E-state index in [2.05, 4.69) is 19.2 Å². The van der Waals surface area contributed by atoms with Crippen molar-refractivity contribution in [1.29, 1.82) is 0 Å². The van der Waals surface area contributed by atoms with Crippen LogP contribution >= 0.6 is 0 Å². The third-order valence-electron chi connectivity index (χ3n) is 13.9. The largest absolute Gasteiger partial charge is 0.462 e. The molecular formula is C50H71N3O14. The molecule has 7 rings (SSSR count). The number of aliphatic hydroxyl groups is 1. The van der Waals surface area contributed by atoms with E-state index in [1.165, 1.54) is 11.1 Å². The molecule has 17 nitrogen and oxygen atoms in total. The summed E-state index contributed by atoms with van der Waals surface area (Å²) in [5.74, 6) is -4.24. The first-order valence-corrected chi connectivity index (χ1v) is 24.4. The number of benzene rings is 1. The van der Waals surface area contributed by atoms with Crippen LogP contribution in [0.25, 0.3) is 6.08 Å². The number of amides is 2. The SMILES string of the molecule is CCCCCC1(CCCCC)O[C@@H]2[C@H](O1)[C@H]1ON(Cc3cccc(C=CC(=O)O[C@H]4C(=O)OCC4(C)C)c3)[C@@H]3C(=O)O[C@@H]2C[C@]13C(=O)N1CCC[C@@H]1C(=O)N[C@H](CO)CCC(=O)OC(C)(C)C. The lowest BCUT2D eigenvalue weighted by Gasteiger charge is -2.50. The molecule has 1 aromatic carbocycles. The summed E-state index contributed by atoms with van der Waals surface area (Å²) < 4.78 is 36.3. The molecule has 0 aromatic heterocycles. The summed E-state index contributed by atoms with van der Waals surface area (Å²) in [6.07, 6.45) is 6.53. The molecule has 370 valence electrons. The molecule has 2 bridgehead atoms. The number of rotatable bonds is 20. The lowest BCUT2D eigenvalue weighted by Crippen LogP contribution is -2.70. The van der Waals surface area contributed by atoms with Crippen molar-refractivity contribution in [3.8, 4) is 0 Å². The summed E-state index contributed by atoms with van der Waals surface area (Å²) in [6.45, 7) is 13.2. The number of unbranched alkanes of at least 4 members (excludes halogenated alkanes) is 4. The Labute approximate surface area is 393 Å². The third kappa shape index (κ3) is 10.9. The second kappa shape index (κ2) is 20.7. The van der Waals surface area contributed by atoms with Gasteiger partial charge in [-0.05, 0) is 70.1 Å². The number of likely N-dealkylation sites (tertiary alicyclic amines) is 1. The predicted molar refractivity (Wildman–Crippen MR) is 241 cm³/mol. The van der Waals surface area contributed by atoms with Crippen molar-refractivity contribution in [2.75, 3.05) is 19.8 Å². The normalized spacial score (nSPS) is 29.9. The summed E-state index contributed by atoms with van der Waals surface area (Å²) in [6, 6.07) is 4.36. The van der Waals surface area contributed by atoms with Gasteiger partial charge in [-0.3, -0.25) is 24.0 Å². The first-order valence-electron chi connectivity index (χ1n) is 24.4. The molecule has 0 spiro atoms. The number of carbonyl (C=O) groups excluding carboxylic acids is 6. The first kappa shape index (κ1) is 50.5. The fraction of sp³-hybridized carbons (Fsp3) is 0.720. The highest BCUT2D eigenvalue weighted by Crippen LogP contribution is 2.59. The summed E-state index contributed by atoms with van der Waals surface area (Å²) >= 11 is 0. The number of hydrogen-bond donors (Lipinski definition) is 2. The number of nitrogens with one attached hydrogen (secondary N) is 1. The lowest BCUT2D eigenvalue weighted by molar-refractivity contribution is -0.225. The molecule has 5 heterocycles. The standard InChI is InChI=1S/C50H71N3O14/c1-8-10-12-23-49(24-13-11-9-2)65-38-35-27-50(46(60)52-25-15-18-34(52)43(57)51-33(29-54)20-22-37(56)64-47(3,4)5)40(44(58)62-35)53(67-41(50)39(38)66-49)28-32-17-14-16-31(26-32)19-21-36(55)63-42-45(59)61-30-48(42,6)7/h14,16-17,19,21,26,33-35,38-42,54H,8-13,15,18,20,22-25,27-30H2,1-7H3,(H,51,57)/t33-,34+,35+,38-,39-,40+,41+,42-,50+/m0/s1. The average Bonchev–Trinajstić information content (AvgIpc) is 4.05. The summed E-state index contributed by atoms with van der Waals surface area (Å²) in [5, 5.41) is 14.6. The Kier molecular flexibility index (Phi) is 15.6. The fourth-order valence-corrected chi connectivity index (χ4v) is 10.6. The molecule has 2 amide bonds. The van der Waals surface area contributed by atoms with Gasteiger partial charge in [0.05, 0.1) is 19.2 Å². The van der Waals surface area contributed by atoms with Gasteiger partial charge in [0.2, 0.25) is 17.9 Å². The van der Waals surface area contributed by atoms with Gasteiger partial charge in [-0.2, -0.15) is 5.06 Å². The van der Waals surface area contributed by atoms with Crippen LogP contribution in [-0.4, -0.2) is 131 Å². The van der Waals surface area contributed by atoms with Gasteiger partial charge in [0, 0.05) is 43.7 Å². The van der Waals surface area contributed by atoms with Crippen molar-refractivity contribution in [1.82, 2.24) is 15.3 Å². The molecule has 6 aliphatic rings. The zero-order valence-corrected chi connectivity index (χ0v) is 40.3. The van der Waals surface area contributed by atoms with E-state index < -0.39 is 113 Å².